The molecule has 0 radical (unpaired) electrons. The maximum Gasteiger partial charge on any atom is 0.253 e. The lowest BCUT2D eigenvalue weighted by molar-refractivity contribution is -0.124. The fourth-order valence-corrected chi connectivity index (χ4v) is 4.13. The molecule has 1 saturated heterocycles. The second-order valence-corrected chi connectivity index (χ2v) is 8.68. The molecule has 1 atom stereocenters. The van der Waals surface area contributed by atoms with Gasteiger partial charge in [0.25, 0.3) is 11.8 Å². The molecule has 3 rings (SSSR count). The number of methoxy groups -OCH3 is 1. The number of amides is 3. The van der Waals surface area contributed by atoms with E-state index in [4.69, 9.17) is 16.3 Å². The Morgan fingerprint density at radius 2 is 1.79 bits per heavy atom. The van der Waals surface area contributed by atoms with Crippen LogP contribution < -0.4 is 10.6 Å². The van der Waals surface area contributed by atoms with Gasteiger partial charge in [-0.1, -0.05) is 29.3 Å². The van der Waals surface area contributed by atoms with Crippen LogP contribution in [0.15, 0.2) is 48.5 Å². The first-order valence-electron chi connectivity index (χ1n) is 11.1. The van der Waals surface area contributed by atoms with Gasteiger partial charge in [0.1, 0.15) is 6.04 Å². The van der Waals surface area contributed by atoms with Crippen molar-refractivity contribution in [3.8, 4) is 0 Å². The van der Waals surface area contributed by atoms with E-state index < -0.39 is 6.04 Å². The Kier molecular flexibility index (Phi) is 8.86. The summed E-state index contributed by atoms with van der Waals surface area (Å²) in [7, 11) is 1.57. The molecule has 7 nitrogen and oxygen atoms in total. The number of hydrogen-bond acceptors (Lipinski definition) is 4. The molecular weight excluding hydrogens is 442 g/mol. The zero-order valence-electron chi connectivity index (χ0n) is 19.0. The van der Waals surface area contributed by atoms with Gasteiger partial charge in [0.2, 0.25) is 5.91 Å². The van der Waals surface area contributed by atoms with E-state index in [-0.39, 0.29) is 23.6 Å². The molecule has 176 valence electrons. The predicted octanol–water partition coefficient (Wildman–Crippen LogP) is 3.06. The maximum absolute atomic E-state index is 12.9. The molecule has 2 N–H and O–H groups in total. The van der Waals surface area contributed by atoms with Crippen molar-refractivity contribution in [3.05, 3.63) is 70.2 Å². The van der Waals surface area contributed by atoms with Gasteiger partial charge in [-0.05, 0) is 62.1 Å². The van der Waals surface area contributed by atoms with Crippen LogP contribution in [0.25, 0.3) is 0 Å². The molecule has 0 spiro atoms. The van der Waals surface area contributed by atoms with Crippen molar-refractivity contribution in [2.45, 2.75) is 25.8 Å². The van der Waals surface area contributed by atoms with E-state index in [2.05, 4.69) is 10.6 Å². The predicted molar refractivity (Wildman–Crippen MR) is 127 cm³/mol. The summed E-state index contributed by atoms with van der Waals surface area (Å²) < 4.78 is 5.02. The molecule has 33 heavy (non-hydrogen) atoms. The quantitative estimate of drug-likeness (QED) is 0.579. The average molecular weight is 472 g/mol. The summed E-state index contributed by atoms with van der Waals surface area (Å²) in [6.45, 7) is 3.68. The fourth-order valence-electron chi connectivity index (χ4n) is 4.01. The summed E-state index contributed by atoms with van der Waals surface area (Å²) in [6.07, 6.45) is 1.21. The second-order valence-electron chi connectivity index (χ2n) is 8.24. The highest BCUT2D eigenvalue weighted by atomic mass is 35.5. The molecule has 2 aromatic carbocycles. The Morgan fingerprint density at radius 1 is 1.09 bits per heavy atom. The van der Waals surface area contributed by atoms with Gasteiger partial charge in [0.15, 0.2) is 0 Å². The first-order valence-corrected chi connectivity index (χ1v) is 11.5. The van der Waals surface area contributed by atoms with Crippen LogP contribution in [-0.2, 0) is 9.53 Å². The maximum atomic E-state index is 12.9. The highest BCUT2D eigenvalue weighted by Gasteiger charge is 2.34. The first kappa shape index (κ1) is 24.7. The zero-order valence-corrected chi connectivity index (χ0v) is 19.7. The van der Waals surface area contributed by atoms with Crippen LogP contribution in [0.2, 0.25) is 5.02 Å². The van der Waals surface area contributed by atoms with Gasteiger partial charge < -0.3 is 20.3 Å². The van der Waals surface area contributed by atoms with Gasteiger partial charge in [-0.25, -0.2) is 0 Å². The molecule has 0 aromatic heterocycles. The molecule has 1 heterocycles. The molecule has 1 aliphatic rings. The molecule has 8 heteroatoms. The number of hydrogen-bond donors (Lipinski definition) is 2. The molecule has 0 aliphatic carbocycles. The number of piperidine rings is 1. The monoisotopic (exact) mass is 471 g/mol. The summed E-state index contributed by atoms with van der Waals surface area (Å²) in [4.78, 5) is 40.4. The van der Waals surface area contributed by atoms with Crippen LogP contribution in [0, 0.1) is 12.8 Å². The lowest BCUT2D eigenvalue weighted by Crippen LogP contribution is -2.54. The van der Waals surface area contributed by atoms with Crippen molar-refractivity contribution in [1.29, 1.82) is 0 Å². The largest absolute Gasteiger partial charge is 0.383 e. The van der Waals surface area contributed by atoms with Crippen LogP contribution >= 0.6 is 11.6 Å². The van der Waals surface area contributed by atoms with E-state index in [0.29, 0.717) is 55.2 Å². The SMILES string of the molecule is COCCNC(=O)C(NC(=O)c1cccc(C)c1)C1CCN(C(=O)c2ccc(Cl)cc2)CC1. The number of nitrogens with one attached hydrogen (secondary N) is 2. The third kappa shape index (κ3) is 6.79. The lowest BCUT2D eigenvalue weighted by atomic mass is 9.88. The van der Waals surface area contributed by atoms with E-state index in [1.165, 1.54) is 0 Å². The number of carbonyl (C=O) groups is 3. The number of rotatable bonds is 8. The number of likely N-dealkylation sites (tertiary alicyclic amines) is 1. The zero-order chi connectivity index (χ0) is 23.8. The number of ether oxygens (including phenoxy) is 1. The first-order chi connectivity index (χ1) is 15.9. The van der Waals surface area contributed by atoms with Gasteiger partial charge in [-0.2, -0.15) is 0 Å². The molecule has 1 unspecified atom stereocenters. The van der Waals surface area contributed by atoms with Crippen LogP contribution in [0.4, 0.5) is 0 Å². The highest BCUT2D eigenvalue weighted by molar-refractivity contribution is 6.30. The smallest absolute Gasteiger partial charge is 0.253 e. The van der Waals surface area contributed by atoms with E-state index in [1.807, 2.05) is 19.1 Å². The van der Waals surface area contributed by atoms with E-state index in [9.17, 15) is 14.4 Å². The molecule has 2 aromatic rings. The average Bonchev–Trinajstić information content (AvgIpc) is 2.82. The van der Waals surface area contributed by atoms with Gasteiger partial charge in [0, 0.05) is 42.9 Å². The molecular formula is C25H30ClN3O4. The van der Waals surface area contributed by atoms with Gasteiger partial charge >= 0.3 is 0 Å². The third-order valence-corrected chi connectivity index (χ3v) is 6.10. The standard InChI is InChI=1S/C25H30ClN3O4/c1-17-4-3-5-20(16-17)23(30)28-22(24(31)27-12-15-33-2)18-10-13-29(14-11-18)25(32)19-6-8-21(26)9-7-19/h3-9,16,18,22H,10-15H2,1-2H3,(H,27,31)(H,28,30). The van der Waals surface area contributed by atoms with Crippen molar-refractivity contribution in [3.63, 3.8) is 0 Å². The number of benzene rings is 2. The van der Waals surface area contributed by atoms with Crippen LogP contribution in [0.1, 0.15) is 39.1 Å². The van der Waals surface area contributed by atoms with Crippen molar-refractivity contribution in [2.24, 2.45) is 5.92 Å². The Balaban J connectivity index is 1.67. The Morgan fingerprint density at radius 3 is 2.42 bits per heavy atom. The summed E-state index contributed by atoms with van der Waals surface area (Å²) in [5.74, 6) is -0.675. The van der Waals surface area contributed by atoms with Gasteiger partial charge in [-0.15, -0.1) is 0 Å². The van der Waals surface area contributed by atoms with Crippen molar-refractivity contribution in [1.82, 2.24) is 15.5 Å². The summed E-state index contributed by atoms with van der Waals surface area (Å²) in [6, 6.07) is 13.4. The minimum absolute atomic E-state index is 0.0602. The minimum atomic E-state index is -0.692. The number of aryl methyl sites for hydroxylation is 1. The van der Waals surface area contributed by atoms with E-state index >= 15 is 0 Å². The fraction of sp³-hybridized carbons (Fsp3) is 0.400. The summed E-state index contributed by atoms with van der Waals surface area (Å²) in [5, 5.41) is 6.35. The van der Waals surface area contributed by atoms with Gasteiger partial charge in [-0.3, -0.25) is 14.4 Å². The third-order valence-electron chi connectivity index (χ3n) is 5.84. The number of nitrogens with zero attached hydrogens (tertiary/aromatic N) is 1. The number of halogens is 1. The van der Waals surface area contributed by atoms with Crippen molar-refractivity contribution >= 4 is 29.3 Å². The van der Waals surface area contributed by atoms with E-state index in [0.717, 1.165) is 5.56 Å². The molecule has 1 fully saturated rings. The normalized spacial score (nSPS) is 15.1. The Labute approximate surface area is 199 Å². The van der Waals surface area contributed by atoms with Crippen LogP contribution in [-0.4, -0.2) is 62.0 Å². The Hall–Kier alpha value is -2.90. The second kappa shape index (κ2) is 11.8. The Bertz CT molecular complexity index is 972. The molecule has 3 amide bonds. The molecule has 1 aliphatic heterocycles. The molecule has 0 saturated carbocycles. The van der Waals surface area contributed by atoms with Crippen LogP contribution in [0.5, 0.6) is 0 Å². The highest BCUT2D eigenvalue weighted by Crippen LogP contribution is 2.23. The van der Waals surface area contributed by atoms with Crippen LogP contribution in [0.3, 0.4) is 0 Å². The van der Waals surface area contributed by atoms with Crippen molar-refractivity contribution < 1.29 is 19.1 Å². The van der Waals surface area contributed by atoms with Crippen molar-refractivity contribution in [2.75, 3.05) is 33.4 Å². The minimum Gasteiger partial charge on any atom is -0.383 e. The number of carbonyl (C=O) groups excluding carboxylic acids is 3. The van der Waals surface area contributed by atoms with Gasteiger partial charge in [0.05, 0.1) is 6.61 Å². The summed E-state index contributed by atoms with van der Waals surface area (Å²) in [5.41, 5.74) is 2.07. The topological polar surface area (TPSA) is 87.7 Å². The molecule has 0 bridgehead atoms. The lowest BCUT2D eigenvalue weighted by Gasteiger charge is -2.36. The van der Waals surface area contributed by atoms with E-state index in [1.54, 1.807) is 48.4 Å². The summed E-state index contributed by atoms with van der Waals surface area (Å²) >= 11 is 5.92.